The monoisotopic (exact) mass is 391 g/mol. The number of aliphatic hydroxyl groups excluding tert-OH is 1. The molecule has 0 radical (unpaired) electrons. The number of nitrogens with zero attached hydrogens (tertiary/aromatic N) is 2. The van der Waals surface area contributed by atoms with Crippen LogP contribution >= 0.6 is 0 Å². The molecule has 0 aromatic heterocycles. The summed E-state index contributed by atoms with van der Waals surface area (Å²) in [6, 6.07) is 6.36. The number of methoxy groups -OCH3 is 1. The molecule has 0 unspecified atom stereocenters. The average Bonchev–Trinajstić information content (AvgIpc) is 3.18. The second-order valence-electron chi connectivity index (χ2n) is 7.71. The smallest absolute Gasteiger partial charge is 0.246 e. The highest BCUT2D eigenvalue weighted by Gasteiger charge is 2.34. The zero-order valence-electron chi connectivity index (χ0n) is 16.3. The molecule has 0 bridgehead atoms. The molecule has 1 amide bonds. The van der Waals surface area contributed by atoms with Gasteiger partial charge in [-0.1, -0.05) is 0 Å². The maximum Gasteiger partial charge on any atom is 0.246 e. The number of ether oxygens (including phenoxy) is 3. The van der Waals surface area contributed by atoms with E-state index in [-0.39, 0.29) is 18.6 Å². The number of hydrogen-bond donors (Lipinski definition) is 2. The van der Waals surface area contributed by atoms with Crippen molar-refractivity contribution >= 4 is 11.6 Å². The van der Waals surface area contributed by atoms with Crippen LogP contribution in [-0.4, -0.2) is 80.8 Å². The van der Waals surface area contributed by atoms with Crippen LogP contribution in [-0.2, 0) is 9.53 Å². The molecular weight excluding hydrogens is 362 g/mol. The fourth-order valence-electron chi connectivity index (χ4n) is 4.39. The maximum absolute atomic E-state index is 11.8. The standard InChI is InChI=1S/C20H29N3O5/c1-26-12-20(25)21-16-11-23(9-6-17(16)24)14-4-7-22(8-5-14)15-2-3-18-19(10-15)28-13-27-18/h2-3,10,14,16-17,24H,4-9,11-13H2,1H3,(H,21,25)/t16-,17+/m1/s1. The number of anilines is 1. The molecule has 2 atom stereocenters. The van der Waals surface area contributed by atoms with Crippen molar-refractivity contribution in [1.29, 1.82) is 0 Å². The summed E-state index contributed by atoms with van der Waals surface area (Å²) in [5.74, 6) is 1.46. The second kappa shape index (κ2) is 8.55. The number of likely N-dealkylation sites (tertiary alicyclic amines) is 1. The summed E-state index contributed by atoms with van der Waals surface area (Å²) in [6.07, 6.45) is 2.30. The first kappa shape index (κ1) is 19.3. The quantitative estimate of drug-likeness (QED) is 0.760. The fraction of sp³-hybridized carbons (Fsp3) is 0.650. The number of aliphatic hydroxyl groups is 1. The molecule has 4 rings (SSSR count). The Balaban J connectivity index is 1.31. The lowest BCUT2D eigenvalue weighted by Crippen LogP contribution is -2.59. The second-order valence-corrected chi connectivity index (χ2v) is 7.71. The van der Waals surface area contributed by atoms with Crippen molar-refractivity contribution in [2.75, 3.05) is 51.6 Å². The summed E-state index contributed by atoms with van der Waals surface area (Å²) in [5, 5.41) is 13.2. The first-order valence-electron chi connectivity index (χ1n) is 9.99. The molecule has 1 aromatic rings. The van der Waals surface area contributed by atoms with Gasteiger partial charge in [0.05, 0.1) is 12.1 Å². The van der Waals surface area contributed by atoms with Gasteiger partial charge in [-0.2, -0.15) is 0 Å². The predicted molar refractivity (Wildman–Crippen MR) is 104 cm³/mol. The van der Waals surface area contributed by atoms with Gasteiger partial charge in [0.1, 0.15) is 6.61 Å². The van der Waals surface area contributed by atoms with Crippen molar-refractivity contribution in [3.8, 4) is 11.5 Å². The summed E-state index contributed by atoms with van der Waals surface area (Å²) >= 11 is 0. The molecule has 3 heterocycles. The van der Waals surface area contributed by atoms with Crippen LogP contribution in [0.2, 0.25) is 0 Å². The summed E-state index contributed by atoms with van der Waals surface area (Å²) in [7, 11) is 1.50. The van der Waals surface area contributed by atoms with Gasteiger partial charge in [-0.15, -0.1) is 0 Å². The Bertz CT molecular complexity index is 692. The number of nitrogens with one attached hydrogen (secondary N) is 1. The lowest BCUT2D eigenvalue weighted by molar-refractivity contribution is -0.127. The van der Waals surface area contributed by atoms with E-state index in [4.69, 9.17) is 14.2 Å². The molecule has 2 saturated heterocycles. The molecule has 0 spiro atoms. The topological polar surface area (TPSA) is 83.5 Å². The highest BCUT2D eigenvalue weighted by molar-refractivity contribution is 5.77. The first-order chi connectivity index (χ1) is 13.6. The summed E-state index contributed by atoms with van der Waals surface area (Å²) in [4.78, 5) is 16.6. The van der Waals surface area contributed by atoms with Crippen molar-refractivity contribution in [1.82, 2.24) is 10.2 Å². The van der Waals surface area contributed by atoms with Gasteiger partial charge in [0.25, 0.3) is 0 Å². The summed E-state index contributed by atoms with van der Waals surface area (Å²) in [6.45, 7) is 3.83. The Hall–Kier alpha value is -2.03. The molecule has 2 N–H and O–H groups in total. The first-order valence-corrected chi connectivity index (χ1v) is 9.99. The van der Waals surface area contributed by atoms with Crippen LogP contribution in [0, 0.1) is 0 Å². The van der Waals surface area contributed by atoms with E-state index < -0.39 is 6.10 Å². The van der Waals surface area contributed by atoms with Crippen molar-refractivity contribution in [2.45, 2.75) is 37.5 Å². The lowest BCUT2D eigenvalue weighted by Gasteiger charge is -2.44. The predicted octanol–water partition coefficient (Wildman–Crippen LogP) is 0.582. The molecule has 1 aromatic carbocycles. The number of piperidine rings is 2. The zero-order valence-corrected chi connectivity index (χ0v) is 16.3. The van der Waals surface area contributed by atoms with E-state index in [0.717, 1.165) is 44.0 Å². The van der Waals surface area contributed by atoms with E-state index in [0.29, 0.717) is 25.8 Å². The Morgan fingerprint density at radius 1 is 1.21 bits per heavy atom. The van der Waals surface area contributed by atoms with Crippen LogP contribution in [0.15, 0.2) is 18.2 Å². The third-order valence-electron chi connectivity index (χ3n) is 5.93. The molecule has 2 fully saturated rings. The average molecular weight is 391 g/mol. The Morgan fingerprint density at radius 2 is 2.00 bits per heavy atom. The molecule has 3 aliphatic rings. The number of carbonyl (C=O) groups is 1. The maximum atomic E-state index is 11.8. The van der Waals surface area contributed by atoms with E-state index in [1.807, 2.05) is 6.07 Å². The highest BCUT2D eigenvalue weighted by Crippen LogP contribution is 2.36. The van der Waals surface area contributed by atoms with Crippen molar-refractivity contribution in [2.24, 2.45) is 0 Å². The van der Waals surface area contributed by atoms with Crippen molar-refractivity contribution in [3.63, 3.8) is 0 Å². The molecule has 3 aliphatic heterocycles. The third kappa shape index (κ3) is 4.19. The van der Waals surface area contributed by atoms with Crippen LogP contribution in [0.5, 0.6) is 11.5 Å². The minimum absolute atomic E-state index is 0.0249. The Morgan fingerprint density at radius 3 is 2.79 bits per heavy atom. The lowest BCUT2D eigenvalue weighted by atomic mass is 9.96. The third-order valence-corrected chi connectivity index (χ3v) is 5.93. The van der Waals surface area contributed by atoms with E-state index in [1.54, 1.807) is 0 Å². The van der Waals surface area contributed by atoms with Gasteiger partial charge in [0.15, 0.2) is 11.5 Å². The van der Waals surface area contributed by atoms with Gasteiger partial charge in [0, 0.05) is 51.1 Å². The van der Waals surface area contributed by atoms with Gasteiger partial charge < -0.3 is 29.5 Å². The van der Waals surface area contributed by atoms with Gasteiger partial charge in [0.2, 0.25) is 12.7 Å². The van der Waals surface area contributed by atoms with Gasteiger partial charge in [-0.3, -0.25) is 9.69 Å². The van der Waals surface area contributed by atoms with Gasteiger partial charge in [-0.25, -0.2) is 0 Å². The summed E-state index contributed by atoms with van der Waals surface area (Å²) < 4.78 is 15.8. The van der Waals surface area contributed by atoms with Crippen LogP contribution in [0.25, 0.3) is 0 Å². The molecule has 8 nitrogen and oxygen atoms in total. The SMILES string of the molecule is COCC(=O)N[C@@H]1CN(C2CCN(c3ccc4c(c3)OCO4)CC2)CC[C@@H]1O. The number of benzene rings is 1. The minimum Gasteiger partial charge on any atom is -0.454 e. The van der Waals surface area contributed by atoms with Crippen LogP contribution in [0.4, 0.5) is 5.69 Å². The molecule has 0 aliphatic carbocycles. The molecule has 28 heavy (non-hydrogen) atoms. The Kier molecular flexibility index (Phi) is 5.89. The van der Waals surface area contributed by atoms with Crippen LogP contribution in [0.3, 0.4) is 0 Å². The molecule has 8 heteroatoms. The van der Waals surface area contributed by atoms with E-state index in [1.165, 1.54) is 12.8 Å². The normalized spacial score (nSPS) is 25.7. The van der Waals surface area contributed by atoms with E-state index in [9.17, 15) is 9.90 Å². The number of rotatable bonds is 5. The zero-order chi connectivity index (χ0) is 19.5. The largest absolute Gasteiger partial charge is 0.454 e. The van der Waals surface area contributed by atoms with E-state index in [2.05, 4.69) is 27.2 Å². The van der Waals surface area contributed by atoms with Crippen molar-refractivity contribution < 1.29 is 24.1 Å². The van der Waals surface area contributed by atoms with Gasteiger partial charge in [-0.05, 0) is 31.4 Å². The number of carbonyl (C=O) groups excluding carboxylic acids is 1. The Labute approximate surface area is 165 Å². The number of hydrogen-bond acceptors (Lipinski definition) is 7. The van der Waals surface area contributed by atoms with E-state index >= 15 is 0 Å². The minimum atomic E-state index is -0.495. The molecule has 154 valence electrons. The van der Waals surface area contributed by atoms with Crippen molar-refractivity contribution in [3.05, 3.63) is 18.2 Å². The fourth-order valence-corrected chi connectivity index (χ4v) is 4.39. The number of fused-ring (bicyclic) bond motifs is 1. The molecule has 0 saturated carbocycles. The van der Waals surface area contributed by atoms with Crippen LogP contribution in [0.1, 0.15) is 19.3 Å². The highest BCUT2D eigenvalue weighted by atomic mass is 16.7. The summed E-state index contributed by atoms with van der Waals surface area (Å²) in [5.41, 5.74) is 1.17. The van der Waals surface area contributed by atoms with Gasteiger partial charge >= 0.3 is 0 Å². The van der Waals surface area contributed by atoms with Crippen LogP contribution < -0.4 is 19.7 Å². The molecular formula is C20H29N3O5. The number of amides is 1.